The number of nitrogens with zero attached hydrogens (tertiary/aromatic N) is 2. The molecule has 4 rings (SSSR count). The van der Waals surface area contributed by atoms with Gasteiger partial charge in [-0.15, -0.1) is 11.3 Å². The number of hydrogen-bond acceptors (Lipinski definition) is 5. The van der Waals surface area contributed by atoms with E-state index in [2.05, 4.69) is 4.98 Å². The number of carbonyl (C=O) groups excluding carboxylic acids is 1. The number of thiophene rings is 1. The van der Waals surface area contributed by atoms with Gasteiger partial charge in [0.25, 0.3) is 0 Å². The van der Waals surface area contributed by atoms with Crippen LogP contribution in [-0.4, -0.2) is 47.2 Å². The van der Waals surface area contributed by atoms with Gasteiger partial charge < -0.3 is 14.4 Å². The summed E-state index contributed by atoms with van der Waals surface area (Å²) in [4.78, 5) is 19.9. The van der Waals surface area contributed by atoms with Crippen molar-refractivity contribution in [1.82, 2.24) is 9.88 Å². The minimum atomic E-state index is -0.261. The van der Waals surface area contributed by atoms with Crippen LogP contribution in [0, 0.1) is 0 Å². The normalized spacial score (nSPS) is 26.1. The van der Waals surface area contributed by atoms with Gasteiger partial charge >= 0.3 is 0 Å². The highest BCUT2D eigenvalue weighted by atomic mass is 32.1. The van der Waals surface area contributed by atoms with E-state index in [0.29, 0.717) is 25.5 Å². The molecular formula is C19H22N2O3S. The van der Waals surface area contributed by atoms with E-state index >= 15 is 0 Å². The van der Waals surface area contributed by atoms with Crippen molar-refractivity contribution in [2.45, 2.75) is 37.4 Å². The molecule has 2 saturated heterocycles. The van der Waals surface area contributed by atoms with Crippen molar-refractivity contribution >= 4 is 17.2 Å². The van der Waals surface area contributed by atoms with Crippen molar-refractivity contribution in [2.75, 3.05) is 19.7 Å². The number of amides is 1. The summed E-state index contributed by atoms with van der Waals surface area (Å²) in [6, 6.07) is 9.66. The Hall–Kier alpha value is -1.92. The highest BCUT2D eigenvalue weighted by molar-refractivity contribution is 7.10. The minimum absolute atomic E-state index is 0.00208. The zero-order valence-corrected chi connectivity index (χ0v) is 14.9. The number of piperidine rings is 1. The SMILES string of the molecule is O=C(Cc1cccs1)N1CCC[C@]2(C[C@H](Oc3ccccn3)CO2)C1. The largest absolute Gasteiger partial charge is 0.472 e. The van der Waals surface area contributed by atoms with Crippen LogP contribution in [-0.2, 0) is 16.0 Å². The fraction of sp³-hybridized carbons (Fsp3) is 0.474. The molecule has 132 valence electrons. The molecule has 2 aromatic rings. The van der Waals surface area contributed by atoms with Crippen molar-refractivity contribution in [3.63, 3.8) is 0 Å². The number of likely N-dealkylation sites (tertiary alicyclic amines) is 1. The Morgan fingerprint density at radius 1 is 1.40 bits per heavy atom. The lowest BCUT2D eigenvalue weighted by Crippen LogP contribution is -2.50. The maximum absolute atomic E-state index is 12.6. The van der Waals surface area contributed by atoms with Crippen LogP contribution >= 0.6 is 11.3 Å². The molecule has 0 bridgehead atoms. The van der Waals surface area contributed by atoms with E-state index in [1.54, 1.807) is 17.5 Å². The summed E-state index contributed by atoms with van der Waals surface area (Å²) in [5, 5.41) is 2.01. The Bertz CT molecular complexity index is 707. The van der Waals surface area contributed by atoms with Gasteiger partial charge in [-0.2, -0.15) is 0 Å². The lowest BCUT2D eigenvalue weighted by atomic mass is 9.89. The molecule has 2 fully saturated rings. The third-order valence-corrected chi connectivity index (χ3v) is 5.77. The summed E-state index contributed by atoms with van der Waals surface area (Å²) in [5.41, 5.74) is -0.261. The Kier molecular flexibility index (Phi) is 4.72. The van der Waals surface area contributed by atoms with Gasteiger partial charge in [0.2, 0.25) is 11.8 Å². The molecule has 0 saturated carbocycles. The molecular weight excluding hydrogens is 336 g/mol. The van der Waals surface area contributed by atoms with Crippen LogP contribution in [0.25, 0.3) is 0 Å². The van der Waals surface area contributed by atoms with Crippen molar-refractivity contribution in [2.24, 2.45) is 0 Å². The quantitative estimate of drug-likeness (QED) is 0.843. The van der Waals surface area contributed by atoms with E-state index in [4.69, 9.17) is 9.47 Å². The minimum Gasteiger partial charge on any atom is -0.472 e. The van der Waals surface area contributed by atoms with Crippen LogP contribution in [0.4, 0.5) is 0 Å². The first kappa shape index (κ1) is 16.5. The first-order chi connectivity index (χ1) is 12.2. The van der Waals surface area contributed by atoms with Crippen molar-refractivity contribution in [3.8, 4) is 5.88 Å². The average Bonchev–Trinajstić information content (AvgIpc) is 3.26. The predicted octanol–water partition coefficient (Wildman–Crippen LogP) is 2.91. The maximum atomic E-state index is 12.6. The average molecular weight is 358 g/mol. The summed E-state index contributed by atoms with van der Waals surface area (Å²) in [7, 11) is 0. The lowest BCUT2D eigenvalue weighted by Gasteiger charge is -2.39. The smallest absolute Gasteiger partial charge is 0.227 e. The van der Waals surface area contributed by atoms with Gasteiger partial charge in [-0.1, -0.05) is 12.1 Å². The van der Waals surface area contributed by atoms with Gasteiger partial charge in [0.15, 0.2) is 0 Å². The molecule has 0 N–H and O–H groups in total. The number of hydrogen-bond donors (Lipinski definition) is 0. The molecule has 0 aromatic carbocycles. The molecule has 2 atom stereocenters. The van der Waals surface area contributed by atoms with Gasteiger partial charge in [0, 0.05) is 36.7 Å². The Labute approximate surface area is 151 Å². The van der Waals surface area contributed by atoms with E-state index in [1.165, 1.54) is 0 Å². The highest BCUT2D eigenvalue weighted by Crippen LogP contribution is 2.36. The number of carbonyl (C=O) groups is 1. The topological polar surface area (TPSA) is 51.7 Å². The number of aromatic nitrogens is 1. The molecule has 2 aliphatic rings. The number of rotatable bonds is 4. The lowest BCUT2D eigenvalue weighted by molar-refractivity contribution is -0.138. The van der Waals surface area contributed by atoms with Gasteiger partial charge in [-0.05, 0) is 30.4 Å². The molecule has 2 aromatic heterocycles. The van der Waals surface area contributed by atoms with E-state index in [0.717, 1.165) is 30.7 Å². The number of pyridine rings is 1. The van der Waals surface area contributed by atoms with Gasteiger partial charge in [-0.25, -0.2) is 4.98 Å². The van der Waals surface area contributed by atoms with Crippen molar-refractivity contribution < 1.29 is 14.3 Å². The summed E-state index contributed by atoms with van der Waals surface area (Å²) < 4.78 is 12.1. The molecule has 4 heterocycles. The fourth-order valence-corrected chi connectivity index (χ4v) is 4.43. The van der Waals surface area contributed by atoms with Gasteiger partial charge in [0.05, 0.1) is 18.6 Å². The molecule has 1 amide bonds. The Morgan fingerprint density at radius 2 is 2.36 bits per heavy atom. The summed E-state index contributed by atoms with van der Waals surface area (Å²) in [5.74, 6) is 0.828. The predicted molar refractivity (Wildman–Crippen MR) is 95.8 cm³/mol. The third kappa shape index (κ3) is 3.85. The summed E-state index contributed by atoms with van der Waals surface area (Å²) in [6.45, 7) is 2.05. The standard InChI is InChI=1S/C19H22N2O3S/c22-18(11-16-5-3-10-25-16)21-9-4-7-19(14-21)12-15(13-23-19)24-17-6-1-2-8-20-17/h1-3,5-6,8,10,15H,4,7,9,11-14H2/t15-,19-/m0/s1. The van der Waals surface area contributed by atoms with E-state index < -0.39 is 0 Å². The van der Waals surface area contributed by atoms with Crippen LogP contribution in [0.3, 0.4) is 0 Å². The molecule has 2 aliphatic heterocycles. The first-order valence-corrected chi connectivity index (χ1v) is 9.62. The van der Waals surface area contributed by atoms with Gasteiger partial charge in [0.1, 0.15) is 6.10 Å². The summed E-state index contributed by atoms with van der Waals surface area (Å²) in [6.07, 6.45) is 4.99. The second-order valence-electron chi connectivity index (χ2n) is 6.78. The molecule has 0 radical (unpaired) electrons. The molecule has 5 nitrogen and oxygen atoms in total. The van der Waals surface area contributed by atoms with E-state index in [-0.39, 0.29) is 17.6 Å². The fourth-order valence-electron chi connectivity index (χ4n) is 3.74. The highest BCUT2D eigenvalue weighted by Gasteiger charge is 2.45. The van der Waals surface area contributed by atoms with Crippen LogP contribution in [0.2, 0.25) is 0 Å². The summed E-state index contributed by atoms with van der Waals surface area (Å²) >= 11 is 1.63. The van der Waals surface area contributed by atoms with E-state index in [1.807, 2.05) is 40.6 Å². The van der Waals surface area contributed by atoms with Crippen molar-refractivity contribution in [1.29, 1.82) is 0 Å². The Morgan fingerprint density at radius 3 is 3.16 bits per heavy atom. The van der Waals surface area contributed by atoms with Crippen LogP contribution in [0.5, 0.6) is 5.88 Å². The molecule has 0 aliphatic carbocycles. The number of ether oxygens (including phenoxy) is 2. The second kappa shape index (κ2) is 7.14. The van der Waals surface area contributed by atoms with Crippen LogP contribution in [0.1, 0.15) is 24.1 Å². The van der Waals surface area contributed by atoms with Crippen LogP contribution in [0.15, 0.2) is 41.9 Å². The maximum Gasteiger partial charge on any atom is 0.227 e. The molecule has 0 unspecified atom stereocenters. The van der Waals surface area contributed by atoms with Gasteiger partial charge in [-0.3, -0.25) is 4.79 Å². The van der Waals surface area contributed by atoms with Crippen LogP contribution < -0.4 is 4.74 Å². The molecule has 1 spiro atoms. The molecule has 6 heteroatoms. The zero-order chi connectivity index (χ0) is 17.1. The van der Waals surface area contributed by atoms with E-state index in [9.17, 15) is 4.79 Å². The molecule has 25 heavy (non-hydrogen) atoms. The van der Waals surface area contributed by atoms with Crippen molar-refractivity contribution in [3.05, 3.63) is 46.8 Å². The zero-order valence-electron chi connectivity index (χ0n) is 14.1. The Balaban J connectivity index is 1.36. The third-order valence-electron chi connectivity index (χ3n) is 4.90. The monoisotopic (exact) mass is 358 g/mol. The second-order valence-corrected chi connectivity index (χ2v) is 7.81. The first-order valence-electron chi connectivity index (χ1n) is 8.74.